The minimum Gasteiger partial charge on any atom is -0.476 e. The summed E-state index contributed by atoms with van der Waals surface area (Å²) in [6.45, 7) is 0. The summed E-state index contributed by atoms with van der Waals surface area (Å²) in [6.07, 6.45) is 1.65. The van der Waals surface area contributed by atoms with Crippen molar-refractivity contribution in [3.63, 3.8) is 0 Å². The first-order valence-electron chi connectivity index (χ1n) is 6.37. The van der Waals surface area contributed by atoms with Gasteiger partial charge in [0.2, 0.25) is 0 Å². The number of H-pyrrole nitrogens is 1. The Balaban J connectivity index is 1.94. The summed E-state index contributed by atoms with van der Waals surface area (Å²) in [5, 5.41) is 15.4. The molecule has 3 rings (SSSR count). The first-order valence-corrected chi connectivity index (χ1v) is 8.75. The number of hydrogen-bond acceptors (Lipinski definition) is 4. The molecule has 1 atom stereocenters. The fourth-order valence-corrected chi connectivity index (χ4v) is 3.56. The van der Waals surface area contributed by atoms with Gasteiger partial charge < -0.3 is 5.11 Å². The highest BCUT2D eigenvalue weighted by Crippen LogP contribution is 2.34. The minimum absolute atomic E-state index is 0.00618. The number of nitrogens with zero attached hydrogens (tertiary/aromatic N) is 1. The van der Waals surface area contributed by atoms with Crippen molar-refractivity contribution in [2.24, 2.45) is 0 Å². The van der Waals surface area contributed by atoms with E-state index in [1.54, 1.807) is 6.26 Å². The highest BCUT2D eigenvalue weighted by Gasteiger charge is 2.12. The fraction of sp³-hybridized carbons (Fsp3) is 0.0667. The summed E-state index contributed by atoms with van der Waals surface area (Å²) >= 11 is 1.52. The molecule has 0 aliphatic carbocycles. The van der Waals surface area contributed by atoms with Crippen molar-refractivity contribution in [1.82, 2.24) is 10.2 Å². The molecule has 2 aromatic heterocycles. The first-order chi connectivity index (χ1) is 10.5. The lowest BCUT2D eigenvalue weighted by Gasteiger charge is -2.00. The number of rotatable bonds is 4. The molecule has 5 nitrogen and oxygen atoms in total. The van der Waals surface area contributed by atoms with Crippen LogP contribution in [0.1, 0.15) is 10.5 Å². The van der Waals surface area contributed by atoms with Crippen molar-refractivity contribution in [2.75, 3.05) is 6.26 Å². The van der Waals surface area contributed by atoms with Crippen LogP contribution in [-0.2, 0) is 10.8 Å². The van der Waals surface area contributed by atoms with Gasteiger partial charge in [0.15, 0.2) is 5.69 Å². The third-order valence-corrected chi connectivity index (χ3v) is 5.20. The number of hydrogen-bond donors (Lipinski definition) is 2. The van der Waals surface area contributed by atoms with Gasteiger partial charge in [0.05, 0.1) is 10.6 Å². The Morgan fingerprint density at radius 3 is 2.68 bits per heavy atom. The maximum atomic E-state index is 11.6. The molecule has 0 amide bonds. The summed E-state index contributed by atoms with van der Waals surface area (Å²) in [4.78, 5) is 13.6. The highest BCUT2D eigenvalue weighted by molar-refractivity contribution is 7.84. The molecular weight excluding hydrogens is 320 g/mol. The standard InChI is InChI=1S/C15H12N2O3S2/c1-22(20)10-4-2-3-9(7-10)13-5-6-14(21-13)11-8-12(15(18)19)17-16-11/h2-8H,1H3,(H,16,17)(H,18,19). The zero-order chi connectivity index (χ0) is 15.7. The van der Waals surface area contributed by atoms with Gasteiger partial charge in [0, 0.05) is 26.8 Å². The quantitative estimate of drug-likeness (QED) is 0.768. The van der Waals surface area contributed by atoms with Crippen molar-refractivity contribution in [3.05, 3.63) is 48.2 Å². The first kappa shape index (κ1) is 14.7. The number of carbonyl (C=O) groups is 1. The van der Waals surface area contributed by atoms with Crippen molar-refractivity contribution >= 4 is 28.1 Å². The monoisotopic (exact) mass is 332 g/mol. The molecule has 0 spiro atoms. The Morgan fingerprint density at radius 2 is 2.00 bits per heavy atom. The Bertz CT molecular complexity index is 867. The molecule has 2 N–H and O–H groups in total. The van der Waals surface area contributed by atoms with Gasteiger partial charge in [-0.2, -0.15) is 5.10 Å². The molecular formula is C15H12N2O3S2. The number of carboxylic acids is 1. The summed E-state index contributed by atoms with van der Waals surface area (Å²) in [5.74, 6) is -1.06. The predicted molar refractivity (Wildman–Crippen MR) is 86.6 cm³/mol. The zero-order valence-electron chi connectivity index (χ0n) is 11.6. The van der Waals surface area contributed by atoms with Crippen molar-refractivity contribution in [2.45, 2.75) is 4.90 Å². The lowest BCUT2D eigenvalue weighted by atomic mass is 10.2. The van der Waals surface area contributed by atoms with Crippen LogP contribution in [-0.4, -0.2) is 31.7 Å². The molecule has 0 saturated heterocycles. The normalized spacial score (nSPS) is 12.2. The van der Waals surface area contributed by atoms with Crippen molar-refractivity contribution in [3.8, 4) is 21.0 Å². The second kappa shape index (κ2) is 5.86. The number of aromatic nitrogens is 2. The van der Waals surface area contributed by atoms with Crippen molar-refractivity contribution < 1.29 is 14.1 Å². The number of carboxylic acid groups (broad SMARTS) is 1. The van der Waals surface area contributed by atoms with Crippen LogP contribution in [0.3, 0.4) is 0 Å². The van der Waals surface area contributed by atoms with E-state index < -0.39 is 16.8 Å². The van der Waals surface area contributed by atoms with E-state index in [0.29, 0.717) is 5.69 Å². The maximum absolute atomic E-state index is 11.6. The Kier molecular flexibility index (Phi) is 3.91. The van der Waals surface area contributed by atoms with Gasteiger partial charge >= 0.3 is 5.97 Å². The molecule has 3 aromatic rings. The number of nitrogens with one attached hydrogen (secondary N) is 1. The molecule has 1 unspecified atom stereocenters. The minimum atomic E-state index is -1.06. The molecule has 22 heavy (non-hydrogen) atoms. The largest absolute Gasteiger partial charge is 0.476 e. The number of benzene rings is 1. The second-order valence-electron chi connectivity index (χ2n) is 4.62. The van der Waals surface area contributed by atoms with Gasteiger partial charge in [-0.25, -0.2) is 4.79 Å². The van der Waals surface area contributed by atoms with Crippen LogP contribution in [0.4, 0.5) is 0 Å². The summed E-state index contributed by atoms with van der Waals surface area (Å²) in [5.41, 5.74) is 1.65. The number of thiophene rings is 1. The van der Waals surface area contributed by atoms with E-state index in [1.165, 1.54) is 17.4 Å². The van der Waals surface area contributed by atoms with Crippen LogP contribution in [0, 0.1) is 0 Å². The topological polar surface area (TPSA) is 83.1 Å². The molecule has 0 radical (unpaired) electrons. The van der Waals surface area contributed by atoms with Crippen LogP contribution in [0.15, 0.2) is 47.4 Å². The molecule has 0 aliphatic heterocycles. The van der Waals surface area contributed by atoms with Gasteiger partial charge in [-0.05, 0) is 35.9 Å². The van der Waals surface area contributed by atoms with E-state index in [-0.39, 0.29) is 5.69 Å². The highest BCUT2D eigenvalue weighted by atomic mass is 32.2. The predicted octanol–water partition coefficient (Wildman–Crippen LogP) is 3.24. The molecule has 2 heterocycles. The lowest BCUT2D eigenvalue weighted by Crippen LogP contribution is -1.95. The van der Waals surface area contributed by atoms with Crippen LogP contribution >= 0.6 is 11.3 Å². The van der Waals surface area contributed by atoms with E-state index in [1.807, 2.05) is 36.4 Å². The van der Waals surface area contributed by atoms with Crippen molar-refractivity contribution in [1.29, 1.82) is 0 Å². The van der Waals surface area contributed by atoms with Crippen LogP contribution in [0.25, 0.3) is 21.0 Å². The molecule has 0 saturated carbocycles. The molecule has 1 aromatic carbocycles. The SMILES string of the molecule is CS(=O)c1cccc(-c2ccc(-c3cc(C(=O)O)n[nH]3)s2)c1. The average Bonchev–Trinajstić information content (AvgIpc) is 3.16. The van der Waals surface area contributed by atoms with Gasteiger partial charge in [0.25, 0.3) is 0 Å². The molecule has 0 fully saturated rings. The third-order valence-electron chi connectivity index (χ3n) is 3.12. The Morgan fingerprint density at radius 1 is 1.23 bits per heavy atom. The molecule has 112 valence electrons. The van der Waals surface area contributed by atoms with Gasteiger partial charge in [0.1, 0.15) is 0 Å². The van der Waals surface area contributed by atoms with E-state index in [2.05, 4.69) is 10.2 Å². The van der Waals surface area contributed by atoms with E-state index in [4.69, 9.17) is 5.11 Å². The summed E-state index contributed by atoms with van der Waals surface area (Å²) < 4.78 is 11.6. The van der Waals surface area contributed by atoms with E-state index in [0.717, 1.165) is 20.2 Å². The number of aromatic carboxylic acids is 1. The van der Waals surface area contributed by atoms with Gasteiger partial charge in [-0.15, -0.1) is 11.3 Å². The van der Waals surface area contributed by atoms with Gasteiger partial charge in [-0.1, -0.05) is 12.1 Å². The van der Waals surface area contributed by atoms with Crippen LogP contribution in [0.2, 0.25) is 0 Å². The second-order valence-corrected chi connectivity index (χ2v) is 7.08. The fourth-order valence-electron chi connectivity index (χ4n) is 2.02. The Labute approximate surface area is 133 Å². The molecule has 0 bridgehead atoms. The average molecular weight is 332 g/mol. The Hall–Kier alpha value is -2.25. The zero-order valence-corrected chi connectivity index (χ0v) is 13.2. The smallest absolute Gasteiger partial charge is 0.356 e. The van der Waals surface area contributed by atoms with E-state index >= 15 is 0 Å². The number of aromatic amines is 1. The maximum Gasteiger partial charge on any atom is 0.356 e. The molecule has 0 aliphatic rings. The third kappa shape index (κ3) is 2.86. The summed E-state index contributed by atoms with van der Waals surface area (Å²) in [6, 6.07) is 13.0. The molecule has 7 heteroatoms. The van der Waals surface area contributed by atoms with Gasteiger partial charge in [-0.3, -0.25) is 9.31 Å². The van der Waals surface area contributed by atoms with Crippen LogP contribution in [0.5, 0.6) is 0 Å². The summed E-state index contributed by atoms with van der Waals surface area (Å²) in [7, 11) is -1.02. The van der Waals surface area contributed by atoms with E-state index in [9.17, 15) is 9.00 Å². The van der Waals surface area contributed by atoms with Crippen LogP contribution < -0.4 is 0 Å². The lowest BCUT2D eigenvalue weighted by molar-refractivity contribution is 0.0690.